The summed E-state index contributed by atoms with van der Waals surface area (Å²) in [4.78, 5) is 13.7. The van der Waals surface area contributed by atoms with Crippen LogP contribution in [0.1, 0.15) is 26.2 Å². The van der Waals surface area contributed by atoms with Gasteiger partial charge in [0.2, 0.25) is 0 Å². The second-order valence-electron chi connectivity index (χ2n) is 5.15. The number of hydrogen-bond donors (Lipinski definition) is 1. The predicted octanol–water partition coefficient (Wildman–Crippen LogP) is 1.93. The van der Waals surface area contributed by atoms with Gasteiger partial charge in [0, 0.05) is 13.1 Å². The number of thioether (sulfide) groups is 1. The quantitative estimate of drug-likeness (QED) is 0.819. The van der Waals surface area contributed by atoms with Crippen LogP contribution in [0.4, 0.5) is 0 Å². The van der Waals surface area contributed by atoms with E-state index in [0.29, 0.717) is 0 Å². The topological polar surface area (TPSA) is 40.5 Å². The van der Waals surface area contributed by atoms with Crippen LogP contribution in [0.2, 0.25) is 0 Å². The highest BCUT2D eigenvalue weighted by Gasteiger charge is 2.43. The highest BCUT2D eigenvalue weighted by atomic mass is 32.2. The first-order valence-corrected chi connectivity index (χ1v) is 7.35. The van der Waals surface area contributed by atoms with Gasteiger partial charge in [-0.2, -0.15) is 11.8 Å². The molecular weight excluding hydrogens is 222 g/mol. The third-order valence-corrected chi connectivity index (χ3v) is 5.34. The van der Waals surface area contributed by atoms with Crippen LogP contribution in [-0.4, -0.2) is 47.1 Å². The second-order valence-corrected chi connectivity index (χ2v) is 6.30. The minimum absolute atomic E-state index is 0.453. The van der Waals surface area contributed by atoms with Gasteiger partial charge in [-0.3, -0.25) is 4.79 Å². The van der Waals surface area contributed by atoms with Crippen LogP contribution in [0.5, 0.6) is 0 Å². The fourth-order valence-corrected chi connectivity index (χ4v) is 4.09. The zero-order valence-corrected chi connectivity index (χ0v) is 10.8. The Hall–Kier alpha value is -0.220. The highest BCUT2D eigenvalue weighted by Crippen LogP contribution is 2.35. The molecule has 0 aromatic carbocycles. The Bertz CT molecular complexity index is 266. The van der Waals surface area contributed by atoms with Crippen molar-refractivity contribution in [1.82, 2.24) is 4.90 Å². The molecule has 2 saturated heterocycles. The van der Waals surface area contributed by atoms with Crippen molar-refractivity contribution in [2.75, 3.05) is 31.1 Å². The summed E-state index contributed by atoms with van der Waals surface area (Å²) in [6.07, 6.45) is 2.91. The molecule has 2 heterocycles. The third kappa shape index (κ3) is 2.38. The first-order chi connectivity index (χ1) is 7.66. The predicted molar refractivity (Wildman–Crippen MR) is 66.8 cm³/mol. The standard InChI is InChI=1S/C12H21NO2S/c1-2-12(11(14)15)4-5-13(9-12)7-10-3-6-16-8-10/h10H,2-9H2,1H3,(H,14,15). The Kier molecular flexibility index (Phi) is 3.80. The van der Waals surface area contributed by atoms with Crippen LogP contribution in [-0.2, 0) is 4.79 Å². The SMILES string of the molecule is CCC1(C(=O)O)CCN(CC2CCSC2)C1. The van der Waals surface area contributed by atoms with Crippen molar-refractivity contribution in [2.24, 2.45) is 11.3 Å². The lowest BCUT2D eigenvalue weighted by Crippen LogP contribution is -2.35. The molecule has 0 radical (unpaired) electrons. The number of nitrogens with zero attached hydrogens (tertiary/aromatic N) is 1. The summed E-state index contributed by atoms with van der Waals surface area (Å²) >= 11 is 2.03. The Morgan fingerprint density at radius 3 is 2.94 bits per heavy atom. The Morgan fingerprint density at radius 2 is 2.44 bits per heavy atom. The summed E-state index contributed by atoms with van der Waals surface area (Å²) in [6, 6.07) is 0. The lowest BCUT2D eigenvalue weighted by Gasteiger charge is -2.24. The maximum absolute atomic E-state index is 11.3. The number of hydrogen-bond acceptors (Lipinski definition) is 3. The minimum Gasteiger partial charge on any atom is -0.481 e. The molecule has 0 aromatic rings. The van der Waals surface area contributed by atoms with E-state index >= 15 is 0 Å². The van der Waals surface area contributed by atoms with Crippen LogP contribution >= 0.6 is 11.8 Å². The van der Waals surface area contributed by atoms with E-state index in [1.165, 1.54) is 17.9 Å². The van der Waals surface area contributed by atoms with Gasteiger partial charge in [-0.15, -0.1) is 0 Å². The Morgan fingerprint density at radius 1 is 1.62 bits per heavy atom. The van der Waals surface area contributed by atoms with Crippen molar-refractivity contribution in [3.8, 4) is 0 Å². The zero-order valence-electron chi connectivity index (χ0n) is 9.95. The molecule has 0 amide bonds. The Labute approximate surface area is 102 Å². The molecule has 4 heteroatoms. The van der Waals surface area contributed by atoms with Crippen molar-refractivity contribution in [2.45, 2.75) is 26.2 Å². The van der Waals surface area contributed by atoms with Crippen LogP contribution in [0.3, 0.4) is 0 Å². The molecule has 2 aliphatic heterocycles. The molecule has 1 N–H and O–H groups in total. The maximum Gasteiger partial charge on any atom is 0.310 e. The Balaban J connectivity index is 1.88. The highest BCUT2D eigenvalue weighted by molar-refractivity contribution is 7.99. The minimum atomic E-state index is -0.599. The van der Waals surface area contributed by atoms with E-state index < -0.39 is 11.4 Å². The molecule has 2 unspecified atom stereocenters. The molecule has 0 bridgehead atoms. The van der Waals surface area contributed by atoms with Crippen molar-refractivity contribution in [3.63, 3.8) is 0 Å². The maximum atomic E-state index is 11.3. The number of carboxylic acid groups (broad SMARTS) is 1. The van der Waals surface area contributed by atoms with Gasteiger partial charge in [-0.1, -0.05) is 6.92 Å². The number of carboxylic acids is 1. The molecule has 2 rings (SSSR count). The second kappa shape index (κ2) is 4.96. The molecule has 3 nitrogen and oxygen atoms in total. The van der Waals surface area contributed by atoms with Gasteiger partial charge in [-0.25, -0.2) is 0 Å². The average Bonchev–Trinajstić information content (AvgIpc) is 2.88. The van der Waals surface area contributed by atoms with Crippen molar-refractivity contribution >= 4 is 17.7 Å². The summed E-state index contributed by atoms with van der Waals surface area (Å²) in [7, 11) is 0. The molecule has 16 heavy (non-hydrogen) atoms. The fraction of sp³-hybridized carbons (Fsp3) is 0.917. The summed E-state index contributed by atoms with van der Waals surface area (Å²) < 4.78 is 0. The van der Waals surface area contributed by atoms with Gasteiger partial charge in [0.25, 0.3) is 0 Å². The first-order valence-electron chi connectivity index (χ1n) is 6.20. The van der Waals surface area contributed by atoms with E-state index in [1.54, 1.807) is 0 Å². The van der Waals surface area contributed by atoms with Gasteiger partial charge >= 0.3 is 5.97 Å². The fourth-order valence-electron chi connectivity index (χ4n) is 2.82. The van der Waals surface area contributed by atoms with E-state index in [4.69, 9.17) is 0 Å². The molecule has 2 atom stereocenters. The lowest BCUT2D eigenvalue weighted by molar-refractivity contribution is -0.148. The van der Waals surface area contributed by atoms with E-state index in [2.05, 4.69) is 4.90 Å². The number of likely N-dealkylation sites (tertiary alicyclic amines) is 1. The van der Waals surface area contributed by atoms with Crippen LogP contribution in [0.25, 0.3) is 0 Å². The summed E-state index contributed by atoms with van der Waals surface area (Å²) in [5.41, 5.74) is -0.453. The summed E-state index contributed by atoms with van der Waals surface area (Å²) in [6.45, 7) is 4.85. The molecule has 0 spiro atoms. The van der Waals surface area contributed by atoms with Crippen molar-refractivity contribution in [1.29, 1.82) is 0 Å². The third-order valence-electron chi connectivity index (χ3n) is 4.10. The van der Waals surface area contributed by atoms with Crippen molar-refractivity contribution in [3.05, 3.63) is 0 Å². The summed E-state index contributed by atoms with van der Waals surface area (Å²) in [5.74, 6) is 2.75. The monoisotopic (exact) mass is 243 g/mol. The number of carbonyl (C=O) groups is 1. The van der Waals surface area contributed by atoms with Crippen LogP contribution < -0.4 is 0 Å². The lowest BCUT2D eigenvalue weighted by atomic mass is 9.84. The van der Waals surface area contributed by atoms with E-state index in [-0.39, 0.29) is 0 Å². The smallest absolute Gasteiger partial charge is 0.310 e. The molecule has 92 valence electrons. The van der Waals surface area contributed by atoms with Crippen LogP contribution in [0.15, 0.2) is 0 Å². The number of aliphatic carboxylic acids is 1. The zero-order chi connectivity index (χ0) is 11.6. The van der Waals surface area contributed by atoms with Crippen LogP contribution in [0, 0.1) is 11.3 Å². The van der Waals surface area contributed by atoms with Gasteiger partial charge in [0.05, 0.1) is 5.41 Å². The largest absolute Gasteiger partial charge is 0.481 e. The van der Waals surface area contributed by atoms with Gasteiger partial charge < -0.3 is 10.0 Å². The van der Waals surface area contributed by atoms with Gasteiger partial charge in [0.1, 0.15) is 0 Å². The molecule has 0 saturated carbocycles. The average molecular weight is 243 g/mol. The first kappa shape index (κ1) is 12.2. The van der Waals surface area contributed by atoms with Crippen molar-refractivity contribution < 1.29 is 9.90 Å². The molecule has 2 aliphatic rings. The normalized spacial score (nSPS) is 35.7. The number of rotatable bonds is 4. The van der Waals surface area contributed by atoms with E-state index in [9.17, 15) is 9.90 Å². The molecule has 2 fully saturated rings. The molecule has 0 aromatic heterocycles. The molecule has 0 aliphatic carbocycles. The molecular formula is C12H21NO2S. The van der Waals surface area contributed by atoms with Gasteiger partial charge in [-0.05, 0) is 43.2 Å². The van der Waals surface area contributed by atoms with E-state index in [1.807, 2.05) is 18.7 Å². The summed E-state index contributed by atoms with van der Waals surface area (Å²) in [5, 5.41) is 9.31. The van der Waals surface area contributed by atoms with E-state index in [0.717, 1.165) is 38.4 Å². The van der Waals surface area contributed by atoms with Gasteiger partial charge in [0.15, 0.2) is 0 Å².